The number of nitrogens with zero attached hydrogens (tertiary/aromatic N) is 2. The summed E-state index contributed by atoms with van der Waals surface area (Å²) >= 11 is 11.8. The number of imide groups is 1. The Balaban J connectivity index is 1.75. The van der Waals surface area contributed by atoms with Gasteiger partial charge in [-0.15, -0.1) is 0 Å². The fourth-order valence-corrected chi connectivity index (χ4v) is 2.65. The van der Waals surface area contributed by atoms with Gasteiger partial charge in [0.25, 0.3) is 17.7 Å². The Morgan fingerprint density at radius 2 is 1.84 bits per heavy atom. The number of unbranched alkanes of at least 4 members (excludes halogenated alkanes) is 1. The molecule has 6 nitrogen and oxygen atoms in total. The van der Waals surface area contributed by atoms with Gasteiger partial charge in [-0.05, 0) is 36.6 Å². The fourth-order valence-electron chi connectivity index (χ4n) is 2.18. The summed E-state index contributed by atoms with van der Waals surface area (Å²) < 4.78 is 0. The predicted octanol–water partition coefficient (Wildman–Crippen LogP) is 2.93. The summed E-state index contributed by atoms with van der Waals surface area (Å²) in [6.45, 7) is 0.337. The molecule has 0 aromatic heterocycles. The zero-order valence-corrected chi connectivity index (χ0v) is 14.7. The van der Waals surface area contributed by atoms with Crippen LogP contribution in [0.25, 0.3) is 6.08 Å². The minimum Gasteiger partial charge on any atom is -0.286 e. The third-order valence-corrected chi connectivity index (χ3v) is 4.09. The van der Waals surface area contributed by atoms with Gasteiger partial charge in [0.2, 0.25) is 0 Å². The van der Waals surface area contributed by atoms with Crippen LogP contribution in [0.5, 0.6) is 0 Å². The van der Waals surface area contributed by atoms with Crippen molar-refractivity contribution in [3.05, 3.63) is 52.0 Å². The van der Waals surface area contributed by atoms with Crippen LogP contribution in [-0.4, -0.2) is 46.0 Å². The van der Waals surface area contributed by atoms with Crippen LogP contribution in [0.2, 0.25) is 10.0 Å². The van der Waals surface area contributed by atoms with Crippen LogP contribution in [0.3, 0.4) is 0 Å². The molecule has 1 heterocycles. The van der Waals surface area contributed by atoms with Crippen LogP contribution in [0.4, 0.5) is 0 Å². The number of hydrogen-bond acceptors (Lipinski definition) is 4. The second-order valence-corrected chi connectivity index (χ2v) is 6.17. The maximum absolute atomic E-state index is 11.8. The van der Waals surface area contributed by atoms with Crippen molar-refractivity contribution in [2.45, 2.75) is 12.8 Å². The topological polar surface area (TPSA) is 77.9 Å². The molecular weight excluding hydrogens is 367 g/mol. The van der Waals surface area contributed by atoms with Gasteiger partial charge >= 0.3 is 0 Å². The largest absolute Gasteiger partial charge is 0.286 e. The normalized spacial score (nSPS) is 14.0. The van der Waals surface area contributed by atoms with Gasteiger partial charge in [-0.25, -0.2) is 5.06 Å². The molecule has 1 aromatic rings. The highest BCUT2D eigenvalue weighted by Crippen LogP contribution is 2.22. The third-order valence-electron chi connectivity index (χ3n) is 3.52. The molecule has 0 saturated carbocycles. The molecular formula is C17H16Cl2N2O4. The lowest BCUT2D eigenvalue weighted by atomic mass is 10.2. The molecule has 8 heteroatoms. The number of halogens is 2. The van der Waals surface area contributed by atoms with E-state index in [0.29, 0.717) is 33.5 Å². The van der Waals surface area contributed by atoms with E-state index in [1.807, 2.05) is 0 Å². The maximum Gasteiger partial charge on any atom is 0.269 e. The van der Waals surface area contributed by atoms with Gasteiger partial charge < -0.3 is 0 Å². The first-order valence-corrected chi connectivity index (χ1v) is 8.31. The molecule has 0 radical (unpaired) electrons. The van der Waals surface area contributed by atoms with Crippen molar-refractivity contribution in [2.75, 3.05) is 13.1 Å². The third kappa shape index (κ3) is 5.42. The van der Waals surface area contributed by atoms with Gasteiger partial charge in [-0.2, -0.15) is 0 Å². The molecule has 1 aromatic carbocycles. The van der Waals surface area contributed by atoms with E-state index >= 15 is 0 Å². The minimum atomic E-state index is -0.596. The Labute approximate surface area is 154 Å². The number of carbonyl (C=O) groups excluding carboxylic acids is 3. The van der Waals surface area contributed by atoms with Gasteiger partial charge in [-0.1, -0.05) is 29.3 Å². The highest BCUT2D eigenvalue weighted by atomic mass is 35.5. The first-order valence-electron chi connectivity index (χ1n) is 7.55. The molecule has 0 spiro atoms. The molecule has 1 aliphatic heterocycles. The minimum absolute atomic E-state index is 0.0845. The summed E-state index contributed by atoms with van der Waals surface area (Å²) in [5, 5.41) is 11.2. The van der Waals surface area contributed by atoms with Crippen LogP contribution < -0.4 is 0 Å². The standard InChI is InChI=1S/C17H16Cl2N2O4/c18-13-5-3-12(14(19)11-13)4-6-17(24)21(25)10-2-1-9-20-15(22)7-8-16(20)23/h3-8,11,25H,1-2,9-10H2/b6-4+. The average molecular weight is 383 g/mol. The van der Waals surface area contributed by atoms with Crippen molar-refractivity contribution in [1.29, 1.82) is 0 Å². The Kier molecular flexibility index (Phi) is 6.75. The van der Waals surface area contributed by atoms with Gasteiger partial charge in [0, 0.05) is 41.4 Å². The SMILES string of the molecule is O=C(/C=C/c1ccc(Cl)cc1Cl)N(O)CCCCN1C(=O)C=CC1=O. The van der Waals surface area contributed by atoms with Gasteiger partial charge in [0.15, 0.2) is 0 Å². The monoisotopic (exact) mass is 382 g/mol. The van der Waals surface area contributed by atoms with E-state index in [1.165, 1.54) is 24.3 Å². The second kappa shape index (κ2) is 8.80. The molecule has 0 fully saturated rings. The molecule has 0 saturated heterocycles. The molecule has 1 N–H and O–H groups in total. The summed E-state index contributed by atoms with van der Waals surface area (Å²) in [6, 6.07) is 4.86. The second-order valence-electron chi connectivity index (χ2n) is 5.33. The predicted molar refractivity (Wildman–Crippen MR) is 94.1 cm³/mol. The number of hydroxylamine groups is 2. The van der Waals surface area contributed by atoms with Gasteiger partial charge in [0.05, 0.1) is 0 Å². The van der Waals surface area contributed by atoms with E-state index < -0.39 is 5.91 Å². The lowest BCUT2D eigenvalue weighted by molar-refractivity contribution is -0.159. The van der Waals surface area contributed by atoms with Crippen molar-refractivity contribution in [3.8, 4) is 0 Å². The Morgan fingerprint density at radius 1 is 1.16 bits per heavy atom. The van der Waals surface area contributed by atoms with Crippen LogP contribution in [-0.2, 0) is 14.4 Å². The van der Waals surface area contributed by atoms with E-state index in [0.717, 1.165) is 4.90 Å². The van der Waals surface area contributed by atoms with Crippen molar-refractivity contribution >= 4 is 47.0 Å². The maximum atomic E-state index is 11.8. The van der Waals surface area contributed by atoms with E-state index in [4.69, 9.17) is 23.2 Å². The molecule has 3 amide bonds. The molecule has 0 atom stereocenters. The van der Waals surface area contributed by atoms with E-state index in [9.17, 15) is 19.6 Å². The quantitative estimate of drug-likeness (QED) is 0.258. The fraction of sp³-hybridized carbons (Fsp3) is 0.235. The van der Waals surface area contributed by atoms with E-state index in [1.54, 1.807) is 18.2 Å². The summed E-state index contributed by atoms with van der Waals surface area (Å²) in [6.07, 6.45) is 6.04. The molecule has 25 heavy (non-hydrogen) atoms. The number of hydrogen-bond donors (Lipinski definition) is 1. The Hall–Kier alpha value is -2.15. The first-order chi connectivity index (χ1) is 11.9. The van der Waals surface area contributed by atoms with Crippen LogP contribution in [0.1, 0.15) is 18.4 Å². The van der Waals surface area contributed by atoms with Gasteiger partial charge in [0.1, 0.15) is 0 Å². The van der Waals surface area contributed by atoms with E-state index in [-0.39, 0.29) is 24.9 Å². The summed E-state index contributed by atoms with van der Waals surface area (Å²) in [5.74, 6) is -1.28. The highest BCUT2D eigenvalue weighted by molar-refractivity contribution is 6.35. The molecule has 132 valence electrons. The Bertz CT molecular complexity index is 728. The zero-order valence-electron chi connectivity index (χ0n) is 13.2. The average Bonchev–Trinajstić information content (AvgIpc) is 2.89. The van der Waals surface area contributed by atoms with Gasteiger partial charge in [-0.3, -0.25) is 24.5 Å². The molecule has 1 aliphatic rings. The van der Waals surface area contributed by atoms with Crippen molar-refractivity contribution in [1.82, 2.24) is 9.96 Å². The lowest BCUT2D eigenvalue weighted by Gasteiger charge is -2.15. The number of benzene rings is 1. The molecule has 0 bridgehead atoms. The van der Waals surface area contributed by atoms with Crippen LogP contribution in [0.15, 0.2) is 36.4 Å². The first kappa shape index (κ1) is 19.2. The van der Waals surface area contributed by atoms with Crippen molar-refractivity contribution in [3.63, 3.8) is 0 Å². The summed E-state index contributed by atoms with van der Waals surface area (Å²) in [4.78, 5) is 35.7. The number of rotatable bonds is 7. The van der Waals surface area contributed by atoms with E-state index in [2.05, 4.69) is 0 Å². The molecule has 0 unspecified atom stereocenters. The van der Waals surface area contributed by atoms with Crippen molar-refractivity contribution < 1.29 is 19.6 Å². The number of amides is 3. The smallest absolute Gasteiger partial charge is 0.269 e. The molecule has 2 rings (SSSR count). The molecule has 0 aliphatic carbocycles. The lowest BCUT2D eigenvalue weighted by Crippen LogP contribution is -2.32. The van der Waals surface area contributed by atoms with Crippen LogP contribution >= 0.6 is 23.2 Å². The zero-order chi connectivity index (χ0) is 18.4. The number of carbonyl (C=O) groups is 3. The van der Waals surface area contributed by atoms with Crippen molar-refractivity contribution in [2.24, 2.45) is 0 Å². The summed E-state index contributed by atoms with van der Waals surface area (Å²) in [5.41, 5.74) is 0.603. The van der Waals surface area contributed by atoms with Crippen LogP contribution in [0, 0.1) is 0 Å². The summed E-state index contributed by atoms with van der Waals surface area (Å²) in [7, 11) is 0. The Morgan fingerprint density at radius 3 is 2.48 bits per heavy atom. The highest BCUT2D eigenvalue weighted by Gasteiger charge is 2.22.